The summed E-state index contributed by atoms with van der Waals surface area (Å²) in [7, 11) is 1.97. The number of aliphatic hydroxyl groups is 1. The molecule has 0 saturated carbocycles. The van der Waals surface area contributed by atoms with Gasteiger partial charge in [-0.1, -0.05) is 6.07 Å². The van der Waals surface area contributed by atoms with E-state index in [0.29, 0.717) is 18.7 Å². The van der Waals surface area contributed by atoms with Crippen molar-refractivity contribution >= 4 is 17.0 Å². The molecule has 0 radical (unpaired) electrons. The number of rotatable bonds is 6. The Bertz CT molecular complexity index is 1290. The summed E-state index contributed by atoms with van der Waals surface area (Å²) in [6, 6.07) is 7.52. The van der Waals surface area contributed by atoms with Crippen molar-refractivity contribution in [2.45, 2.75) is 26.2 Å². The highest BCUT2D eigenvalue weighted by molar-refractivity contribution is 5.94. The Morgan fingerprint density at radius 3 is 3.03 bits per heavy atom. The van der Waals surface area contributed by atoms with Crippen molar-refractivity contribution in [1.29, 1.82) is 0 Å². The van der Waals surface area contributed by atoms with Gasteiger partial charge < -0.3 is 19.7 Å². The van der Waals surface area contributed by atoms with E-state index in [0.717, 1.165) is 39.0 Å². The summed E-state index contributed by atoms with van der Waals surface area (Å²) in [6.07, 6.45) is 6.88. The number of hydrogen-bond acceptors (Lipinski definition) is 6. The standard InChI is InChI=1S/C23H23N5O3/c1-14-16(3-4-17-19(14)13-31-23(17)30)21(29)11-24-9-15-10-26-28(12-15)20-5-7-25-22-18(20)6-8-27(22)2/h3-8,10,12,21,24,29H,9,11,13H2,1-2H3/t21-/m0/s1. The highest BCUT2D eigenvalue weighted by Gasteiger charge is 2.25. The van der Waals surface area contributed by atoms with Gasteiger partial charge in [0.2, 0.25) is 0 Å². The van der Waals surface area contributed by atoms with Crippen molar-refractivity contribution in [3.63, 3.8) is 0 Å². The lowest BCUT2D eigenvalue weighted by Crippen LogP contribution is -2.21. The van der Waals surface area contributed by atoms with E-state index in [4.69, 9.17) is 4.74 Å². The van der Waals surface area contributed by atoms with Gasteiger partial charge in [-0.05, 0) is 36.2 Å². The third-order valence-corrected chi connectivity index (χ3v) is 5.86. The van der Waals surface area contributed by atoms with Crippen LogP contribution in [0.25, 0.3) is 16.7 Å². The van der Waals surface area contributed by atoms with E-state index in [-0.39, 0.29) is 12.6 Å². The van der Waals surface area contributed by atoms with Crippen LogP contribution in [0.4, 0.5) is 0 Å². The largest absolute Gasteiger partial charge is 0.457 e. The number of pyridine rings is 1. The van der Waals surface area contributed by atoms with Gasteiger partial charge in [0.15, 0.2) is 0 Å². The second-order valence-corrected chi connectivity index (χ2v) is 7.82. The Balaban J connectivity index is 1.26. The number of esters is 1. The van der Waals surface area contributed by atoms with Crippen molar-refractivity contribution in [3.8, 4) is 5.69 Å². The molecule has 0 amide bonds. The molecular weight excluding hydrogens is 394 g/mol. The zero-order chi connectivity index (χ0) is 21.5. The van der Waals surface area contributed by atoms with Crippen molar-refractivity contribution in [2.75, 3.05) is 6.54 Å². The number of aromatic nitrogens is 4. The van der Waals surface area contributed by atoms with Gasteiger partial charge >= 0.3 is 5.97 Å². The van der Waals surface area contributed by atoms with Crippen LogP contribution in [-0.2, 0) is 24.9 Å². The van der Waals surface area contributed by atoms with Crippen molar-refractivity contribution in [3.05, 3.63) is 76.9 Å². The molecule has 31 heavy (non-hydrogen) atoms. The number of fused-ring (bicyclic) bond motifs is 2. The maximum absolute atomic E-state index is 11.7. The van der Waals surface area contributed by atoms with Crippen molar-refractivity contribution in [1.82, 2.24) is 24.6 Å². The van der Waals surface area contributed by atoms with E-state index < -0.39 is 6.10 Å². The number of ether oxygens (including phenoxy) is 1. The molecule has 5 rings (SSSR count). The normalized spacial score (nSPS) is 14.1. The third-order valence-electron chi connectivity index (χ3n) is 5.86. The zero-order valence-electron chi connectivity index (χ0n) is 17.4. The predicted octanol–water partition coefficient (Wildman–Crippen LogP) is 2.56. The highest BCUT2D eigenvalue weighted by Crippen LogP contribution is 2.29. The minimum atomic E-state index is -0.680. The second-order valence-electron chi connectivity index (χ2n) is 7.82. The molecule has 3 aromatic heterocycles. The SMILES string of the molecule is Cc1c([C@@H](O)CNCc2cnn(-c3ccnc4c3ccn4C)c2)ccc2c1COC2=O. The second kappa shape index (κ2) is 7.64. The minimum Gasteiger partial charge on any atom is -0.457 e. The molecule has 0 aliphatic carbocycles. The lowest BCUT2D eigenvalue weighted by Gasteiger charge is -2.16. The van der Waals surface area contributed by atoms with Crippen molar-refractivity contribution in [2.24, 2.45) is 7.05 Å². The number of benzene rings is 1. The fraction of sp³-hybridized carbons (Fsp3) is 0.261. The monoisotopic (exact) mass is 417 g/mol. The Morgan fingerprint density at radius 1 is 1.29 bits per heavy atom. The van der Waals surface area contributed by atoms with Crippen molar-refractivity contribution < 1.29 is 14.6 Å². The van der Waals surface area contributed by atoms with E-state index in [1.807, 2.05) is 53.9 Å². The molecule has 1 atom stereocenters. The maximum atomic E-state index is 11.7. The van der Waals surface area contributed by atoms with Crippen LogP contribution < -0.4 is 5.32 Å². The Hall–Kier alpha value is -3.49. The third kappa shape index (κ3) is 3.39. The van der Waals surface area contributed by atoms with Crippen LogP contribution in [0.15, 0.2) is 49.1 Å². The Morgan fingerprint density at radius 2 is 2.16 bits per heavy atom. The molecule has 8 nitrogen and oxygen atoms in total. The maximum Gasteiger partial charge on any atom is 0.338 e. The van der Waals surface area contributed by atoms with E-state index in [2.05, 4.69) is 15.4 Å². The van der Waals surface area contributed by atoms with Crippen LogP contribution in [0.2, 0.25) is 0 Å². The molecule has 158 valence electrons. The van der Waals surface area contributed by atoms with Gasteiger partial charge in [0.05, 0.1) is 23.6 Å². The number of nitrogens with zero attached hydrogens (tertiary/aromatic N) is 4. The molecule has 8 heteroatoms. The fourth-order valence-electron chi connectivity index (χ4n) is 4.12. The van der Waals surface area contributed by atoms with Crippen LogP contribution in [0.3, 0.4) is 0 Å². The topological polar surface area (TPSA) is 94.2 Å². The number of nitrogens with one attached hydrogen (secondary N) is 1. The summed E-state index contributed by atoms with van der Waals surface area (Å²) in [5.74, 6) is -0.295. The molecule has 1 aliphatic rings. The average Bonchev–Trinajstić information content (AvgIpc) is 3.48. The van der Waals surface area contributed by atoms with Crippen LogP contribution in [0, 0.1) is 6.92 Å². The first kappa shape index (κ1) is 19.5. The molecular formula is C23H23N5O3. The van der Waals surface area contributed by atoms with Gasteiger partial charge in [0, 0.05) is 55.2 Å². The number of hydrogen-bond donors (Lipinski definition) is 2. The summed E-state index contributed by atoms with van der Waals surface area (Å²) >= 11 is 0. The summed E-state index contributed by atoms with van der Waals surface area (Å²) in [6.45, 7) is 3.16. The molecule has 4 heterocycles. The summed E-state index contributed by atoms with van der Waals surface area (Å²) in [4.78, 5) is 16.1. The Labute approximate surface area is 179 Å². The lowest BCUT2D eigenvalue weighted by molar-refractivity contribution is 0.0535. The van der Waals surface area contributed by atoms with Crippen LogP contribution in [-0.4, -0.2) is 37.0 Å². The van der Waals surface area contributed by atoms with Gasteiger partial charge in [0.1, 0.15) is 12.3 Å². The number of aryl methyl sites for hydroxylation is 1. The van der Waals surface area contributed by atoms with Gasteiger partial charge in [-0.2, -0.15) is 5.10 Å². The number of carbonyl (C=O) groups is 1. The lowest BCUT2D eigenvalue weighted by atomic mass is 9.95. The number of carbonyl (C=O) groups excluding carboxylic acids is 1. The molecule has 0 unspecified atom stereocenters. The Kier molecular flexibility index (Phi) is 4.80. The van der Waals surface area contributed by atoms with Crippen LogP contribution in [0.1, 0.15) is 38.7 Å². The predicted molar refractivity (Wildman–Crippen MR) is 115 cm³/mol. The number of cyclic esters (lactones) is 1. The molecule has 1 aromatic carbocycles. The fourth-order valence-corrected chi connectivity index (χ4v) is 4.12. The quantitative estimate of drug-likeness (QED) is 0.468. The summed E-state index contributed by atoms with van der Waals surface area (Å²) in [5, 5.41) is 19.5. The zero-order valence-corrected chi connectivity index (χ0v) is 17.4. The van der Waals surface area contributed by atoms with Gasteiger partial charge in [-0.25, -0.2) is 14.5 Å². The minimum absolute atomic E-state index is 0.275. The summed E-state index contributed by atoms with van der Waals surface area (Å²) in [5.41, 5.74) is 6.08. The molecule has 4 aromatic rings. The average molecular weight is 417 g/mol. The van der Waals surface area contributed by atoms with Crippen LogP contribution in [0.5, 0.6) is 0 Å². The summed E-state index contributed by atoms with van der Waals surface area (Å²) < 4.78 is 8.92. The van der Waals surface area contributed by atoms with E-state index >= 15 is 0 Å². The van der Waals surface area contributed by atoms with Gasteiger partial charge in [-0.15, -0.1) is 0 Å². The molecule has 0 spiro atoms. The first-order valence-electron chi connectivity index (χ1n) is 10.1. The number of aliphatic hydroxyl groups excluding tert-OH is 1. The van der Waals surface area contributed by atoms with E-state index in [1.165, 1.54) is 0 Å². The van der Waals surface area contributed by atoms with Gasteiger partial charge in [0.25, 0.3) is 0 Å². The van der Waals surface area contributed by atoms with E-state index in [1.54, 1.807) is 18.3 Å². The first-order valence-corrected chi connectivity index (χ1v) is 10.1. The molecule has 0 bridgehead atoms. The van der Waals surface area contributed by atoms with Gasteiger partial charge in [-0.3, -0.25) is 0 Å². The molecule has 2 N–H and O–H groups in total. The smallest absolute Gasteiger partial charge is 0.338 e. The first-order chi connectivity index (χ1) is 15.0. The molecule has 0 saturated heterocycles. The molecule has 1 aliphatic heterocycles. The van der Waals surface area contributed by atoms with Crippen LogP contribution >= 0.6 is 0 Å². The van der Waals surface area contributed by atoms with E-state index in [9.17, 15) is 9.90 Å². The highest BCUT2D eigenvalue weighted by atomic mass is 16.5. The molecule has 0 fully saturated rings.